The number of nitrogens with one attached hydrogen (secondary N) is 2. The molecule has 0 aromatic heterocycles. The average molecular weight is 320 g/mol. The summed E-state index contributed by atoms with van der Waals surface area (Å²) in [7, 11) is 0. The summed E-state index contributed by atoms with van der Waals surface area (Å²) in [6, 6.07) is 7.96. The molecule has 126 valence electrons. The first-order valence-corrected chi connectivity index (χ1v) is 7.75. The minimum Gasteiger partial charge on any atom is -0.480 e. The number of carbonyl (C=O) groups excluding carboxylic acids is 2. The van der Waals surface area contributed by atoms with E-state index >= 15 is 0 Å². The Bertz CT molecular complexity index is 529. The summed E-state index contributed by atoms with van der Waals surface area (Å²) >= 11 is 0. The third-order valence-corrected chi connectivity index (χ3v) is 3.24. The van der Waals surface area contributed by atoms with Crippen molar-refractivity contribution in [1.82, 2.24) is 10.6 Å². The van der Waals surface area contributed by atoms with Crippen LogP contribution >= 0.6 is 0 Å². The van der Waals surface area contributed by atoms with Crippen molar-refractivity contribution in [3.05, 3.63) is 35.9 Å². The maximum Gasteiger partial charge on any atom is 0.326 e. The molecule has 3 N–H and O–H groups in total. The molecule has 1 aromatic rings. The minimum absolute atomic E-state index is 0.178. The molecule has 0 spiro atoms. The molecule has 23 heavy (non-hydrogen) atoms. The van der Waals surface area contributed by atoms with Gasteiger partial charge in [0.2, 0.25) is 5.91 Å². The van der Waals surface area contributed by atoms with Gasteiger partial charge in [-0.1, -0.05) is 32.0 Å². The van der Waals surface area contributed by atoms with Crippen LogP contribution in [0.15, 0.2) is 30.3 Å². The Balaban J connectivity index is 2.28. The summed E-state index contributed by atoms with van der Waals surface area (Å²) in [6.45, 7) is 4.17. The standard InChI is InChI=1S/C17H24N2O4/c1-12(2)11-14(17(22)23)19-15(20)9-6-10-18-16(21)13-7-4-3-5-8-13/h3-5,7-8,12,14H,6,9-11H2,1-2H3,(H,18,21)(H,19,20)(H,22,23). The topological polar surface area (TPSA) is 95.5 Å². The van der Waals surface area contributed by atoms with Gasteiger partial charge in [0.05, 0.1) is 0 Å². The van der Waals surface area contributed by atoms with Crippen LogP contribution in [-0.4, -0.2) is 35.5 Å². The second-order valence-electron chi connectivity index (χ2n) is 5.81. The van der Waals surface area contributed by atoms with Crippen molar-refractivity contribution < 1.29 is 19.5 Å². The second-order valence-corrected chi connectivity index (χ2v) is 5.81. The van der Waals surface area contributed by atoms with Gasteiger partial charge in [-0.25, -0.2) is 4.79 Å². The Labute approximate surface area is 136 Å². The molecule has 0 fully saturated rings. The minimum atomic E-state index is -1.02. The van der Waals surface area contributed by atoms with Crippen LogP contribution in [0.2, 0.25) is 0 Å². The summed E-state index contributed by atoms with van der Waals surface area (Å²) in [5, 5.41) is 14.3. The SMILES string of the molecule is CC(C)CC(NC(=O)CCCNC(=O)c1ccccc1)C(=O)O. The monoisotopic (exact) mass is 320 g/mol. The molecule has 0 radical (unpaired) electrons. The fourth-order valence-corrected chi connectivity index (χ4v) is 2.10. The van der Waals surface area contributed by atoms with Crippen LogP contribution in [-0.2, 0) is 9.59 Å². The van der Waals surface area contributed by atoms with Gasteiger partial charge in [0, 0.05) is 18.5 Å². The van der Waals surface area contributed by atoms with E-state index in [2.05, 4.69) is 10.6 Å². The highest BCUT2D eigenvalue weighted by Crippen LogP contribution is 2.05. The molecular weight excluding hydrogens is 296 g/mol. The average Bonchev–Trinajstić information content (AvgIpc) is 2.51. The molecule has 0 saturated carbocycles. The number of hydrogen-bond donors (Lipinski definition) is 3. The van der Waals surface area contributed by atoms with E-state index in [-0.39, 0.29) is 24.2 Å². The van der Waals surface area contributed by atoms with E-state index in [4.69, 9.17) is 5.11 Å². The fourth-order valence-electron chi connectivity index (χ4n) is 2.10. The molecular formula is C17H24N2O4. The van der Waals surface area contributed by atoms with Crippen molar-refractivity contribution in [2.24, 2.45) is 5.92 Å². The highest BCUT2D eigenvalue weighted by molar-refractivity contribution is 5.94. The van der Waals surface area contributed by atoms with Crippen LogP contribution in [0.5, 0.6) is 0 Å². The van der Waals surface area contributed by atoms with Crippen molar-refractivity contribution in [2.45, 2.75) is 39.2 Å². The van der Waals surface area contributed by atoms with Gasteiger partial charge in [0.15, 0.2) is 0 Å². The summed E-state index contributed by atoms with van der Waals surface area (Å²) in [5.74, 6) is -1.34. The highest BCUT2D eigenvalue weighted by Gasteiger charge is 2.20. The van der Waals surface area contributed by atoms with Gasteiger partial charge in [-0.05, 0) is 30.9 Å². The molecule has 1 rings (SSSR count). The van der Waals surface area contributed by atoms with Gasteiger partial charge in [-0.2, -0.15) is 0 Å². The highest BCUT2D eigenvalue weighted by atomic mass is 16.4. The van der Waals surface area contributed by atoms with E-state index in [0.29, 0.717) is 24.9 Å². The zero-order valence-corrected chi connectivity index (χ0v) is 13.5. The van der Waals surface area contributed by atoms with Crippen molar-refractivity contribution in [2.75, 3.05) is 6.54 Å². The summed E-state index contributed by atoms with van der Waals surface area (Å²) in [4.78, 5) is 34.6. The number of rotatable bonds is 9. The first-order valence-electron chi connectivity index (χ1n) is 7.75. The van der Waals surface area contributed by atoms with Crippen LogP contribution in [0, 0.1) is 5.92 Å². The van der Waals surface area contributed by atoms with Gasteiger partial charge < -0.3 is 15.7 Å². The largest absolute Gasteiger partial charge is 0.480 e. The predicted molar refractivity (Wildman–Crippen MR) is 87.0 cm³/mol. The van der Waals surface area contributed by atoms with E-state index in [0.717, 1.165) is 0 Å². The lowest BCUT2D eigenvalue weighted by atomic mass is 10.0. The normalized spacial score (nSPS) is 11.8. The van der Waals surface area contributed by atoms with Crippen LogP contribution in [0.1, 0.15) is 43.5 Å². The Morgan fingerprint density at radius 1 is 1.13 bits per heavy atom. The van der Waals surface area contributed by atoms with Crippen LogP contribution < -0.4 is 10.6 Å². The molecule has 0 heterocycles. The number of aliphatic carboxylic acids is 1. The third-order valence-electron chi connectivity index (χ3n) is 3.24. The molecule has 0 aliphatic heterocycles. The van der Waals surface area contributed by atoms with Crippen LogP contribution in [0.3, 0.4) is 0 Å². The Morgan fingerprint density at radius 3 is 2.35 bits per heavy atom. The maximum atomic E-state index is 11.8. The summed E-state index contributed by atoms with van der Waals surface area (Å²) < 4.78 is 0. The Hall–Kier alpha value is -2.37. The van der Waals surface area contributed by atoms with Gasteiger partial charge in [-0.15, -0.1) is 0 Å². The quantitative estimate of drug-likeness (QED) is 0.605. The first kappa shape index (κ1) is 18.7. The number of hydrogen-bond acceptors (Lipinski definition) is 3. The van der Waals surface area contributed by atoms with Crippen molar-refractivity contribution >= 4 is 17.8 Å². The predicted octanol–water partition coefficient (Wildman–Crippen LogP) is 1.81. The number of carboxylic acids is 1. The number of carbonyl (C=O) groups is 3. The summed E-state index contributed by atoms with van der Waals surface area (Å²) in [5.41, 5.74) is 0.569. The van der Waals surface area contributed by atoms with Crippen LogP contribution in [0.25, 0.3) is 0 Å². The number of benzene rings is 1. The van der Waals surface area contributed by atoms with E-state index in [1.165, 1.54) is 0 Å². The van der Waals surface area contributed by atoms with Crippen molar-refractivity contribution in [1.29, 1.82) is 0 Å². The third kappa shape index (κ3) is 7.44. The molecule has 0 bridgehead atoms. The van der Waals surface area contributed by atoms with Gasteiger partial charge in [0.25, 0.3) is 5.91 Å². The van der Waals surface area contributed by atoms with Crippen molar-refractivity contribution in [3.63, 3.8) is 0 Å². The van der Waals surface area contributed by atoms with E-state index < -0.39 is 12.0 Å². The Morgan fingerprint density at radius 2 is 1.78 bits per heavy atom. The zero-order valence-electron chi connectivity index (χ0n) is 13.5. The van der Waals surface area contributed by atoms with Gasteiger partial charge in [0.1, 0.15) is 6.04 Å². The molecule has 1 unspecified atom stereocenters. The van der Waals surface area contributed by atoms with Gasteiger partial charge in [-0.3, -0.25) is 9.59 Å². The smallest absolute Gasteiger partial charge is 0.326 e. The fraction of sp³-hybridized carbons (Fsp3) is 0.471. The second kappa shape index (κ2) is 9.61. The van der Waals surface area contributed by atoms with E-state index in [9.17, 15) is 14.4 Å². The molecule has 6 nitrogen and oxygen atoms in total. The molecule has 6 heteroatoms. The number of carboxylic acid groups (broad SMARTS) is 1. The first-order chi connectivity index (χ1) is 10.9. The van der Waals surface area contributed by atoms with Gasteiger partial charge >= 0.3 is 5.97 Å². The molecule has 1 atom stereocenters. The lowest BCUT2D eigenvalue weighted by Gasteiger charge is -2.16. The number of amides is 2. The summed E-state index contributed by atoms with van der Waals surface area (Å²) in [6.07, 6.45) is 1.03. The Kier molecular flexibility index (Phi) is 7.80. The van der Waals surface area contributed by atoms with E-state index in [1.54, 1.807) is 24.3 Å². The lowest BCUT2D eigenvalue weighted by molar-refractivity contribution is -0.142. The molecule has 1 aromatic carbocycles. The van der Waals surface area contributed by atoms with Crippen molar-refractivity contribution in [3.8, 4) is 0 Å². The zero-order chi connectivity index (χ0) is 17.2. The molecule has 0 saturated heterocycles. The molecule has 2 amide bonds. The molecule has 0 aliphatic carbocycles. The lowest BCUT2D eigenvalue weighted by Crippen LogP contribution is -2.41. The molecule has 0 aliphatic rings. The van der Waals surface area contributed by atoms with E-state index in [1.807, 2.05) is 19.9 Å². The maximum absolute atomic E-state index is 11.8. The van der Waals surface area contributed by atoms with Crippen LogP contribution in [0.4, 0.5) is 0 Å².